The van der Waals surface area contributed by atoms with E-state index >= 15 is 0 Å². The maximum Gasteiger partial charge on any atom is 0.263 e. The molecule has 0 aliphatic heterocycles. The summed E-state index contributed by atoms with van der Waals surface area (Å²) < 4.78 is 101. The number of nitrogens with one attached hydrogen (secondary N) is 1. The second-order valence-electron chi connectivity index (χ2n) is 7.14. The molecule has 2 heterocycles. The predicted octanol–water partition coefficient (Wildman–Crippen LogP) is 4.43. The molecular weight excluding hydrogens is 485 g/mol. The van der Waals surface area contributed by atoms with E-state index in [4.69, 9.17) is 10.5 Å². The van der Waals surface area contributed by atoms with Crippen molar-refractivity contribution in [3.05, 3.63) is 53.6 Å². The summed E-state index contributed by atoms with van der Waals surface area (Å²) in [7, 11) is -4.92. The minimum absolute atomic E-state index is 0.0856. The van der Waals surface area contributed by atoms with Crippen LogP contribution in [0.5, 0.6) is 11.6 Å². The highest BCUT2D eigenvalue weighted by Crippen LogP contribution is 2.36. The van der Waals surface area contributed by atoms with E-state index in [0.29, 0.717) is 11.8 Å². The molecule has 3 N–H and O–H groups in total. The number of benzene rings is 1. The molecule has 0 aliphatic rings. The van der Waals surface area contributed by atoms with E-state index in [1.54, 1.807) is 13.0 Å². The lowest BCUT2D eigenvalue weighted by Gasteiger charge is -2.17. The van der Waals surface area contributed by atoms with E-state index in [0.717, 1.165) is 6.92 Å². The normalized spacial score (nSPS) is 12.0. The van der Waals surface area contributed by atoms with Gasteiger partial charge in [0.05, 0.1) is 11.3 Å². The number of pyridine rings is 1. The van der Waals surface area contributed by atoms with E-state index in [-0.39, 0.29) is 23.1 Å². The lowest BCUT2D eigenvalue weighted by atomic mass is 10.2. The molecule has 182 valence electrons. The number of hydrogen-bond donors (Lipinski definition) is 2. The lowest BCUT2D eigenvalue weighted by Crippen LogP contribution is -2.31. The number of alkyl halides is 2. The summed E-state index contributed by atoms with van der Waals surface area (Å²) >= 11 is 0. The molecule has 0 fully saturated rings. The molecule has 0 bridgehead atoms. The van der Waals surface area contributed by atoms with Gasteiger partial charge in [-0.25, -0.2) is 40.9 Å². The smallest absolute Gasteiger partial charge is 0.263 e. The van der Waals surface area contributed by atoms with Crippen molar-refractivity contribution < 1.29 is 35.1 Å². The van der Waals surface area contributed by atoms with Crippen LogP contribution in [0.25, 0.3) is 11.3 Å². The van der Waals surface area contributed by atoms with Gasteiger partial charge in [0.2, 0.25) is 27.7 Å². The van der Waals surface area contributed by atoms with Gasteiger partial charge in [-0.1, -0.05) is 6.92 Å². The molecule has 34 heavy (non-hydrogen) atoms. The third-order valence-corrected chi connectivity index (χ3v) is 5.78. The van der Waals surface area contributed by atoms with Crippen LogP contribution in [0.2, 0.25) is 0 Å². The van der Waals surface area contributed by atoms with Gasteiger partial charge in [0.15, 0.2) is 17.4 Å². The van der Waals surface area contributed by atoms with E-state index in [1.807, 2.05) is 0 Å². The number of anilines is 2. The molecule has 1 aromatic carbocycles. The Morgan fingerprint density at radius 1 is 1.12 bits per heavy atom. The van der Waals surface area contributed by atoms with E-state index < -0.39 is 57.0 Å². The van der Waals surface area contributed by atoms with Crippen LogP contribution in [-0.2, 0) is 10.0 Å². The molecule has 0 radical (unpaired) electrons. The lowest BCUT2D eigenvalue weighted by molar-refractivity contribution is 0.0219. The molecule has 2 aromatic heterocycles. The van der Waals surface area contributed by atoms with Gasteiger partial charge in [0, 0.05) is 24.4 Å². The highest BCUT2D eigenvalue weighted by atomic mass is 32.2. The summed E-state index contributed by atoms with van der Waals surface area (Å²) in [4.78, 5) is 11.8. The largest absolute Gasteiger partial charge is 0.435 e. The second-order valence-corrected chi connectivity index (χ2v) is 8.86. The summed E-state index contributed by atoms with van der Waals surface area (Å²) in [6.45, 7) is 2.61. The fraction of sp³-hybridized carbons (Fsp3) is 0.250. The average molecular weight is 503 g/mol. The Balaban J connectivity index is 1.99. The van der Waals surface area contributed by atoms with Gasteiger partial charge in [-0.15, -0.1) is 0 Å². The van der Waals surface area contributed by atoms with Crippen molar-refractivity contribution in [1.29, 1.82) is 0 Å². The van der Waals surface area contributed by atoms with Crippen molar-refractivity contribution >= 4 is 21.7 Å². The molecule has 8 nitrogen and oxygen atoms in total. The van der Waals surface area contributed by atoms with Gasteiger partial charge < -0.3 is 10.5 Å². The molecule has 0 aliphatic carbocycles. The molecule has 0 amide bonds. The van der Waals surface area contributed by atoms with Crippen LogP contribution < -0.4 is 15.2 Å². The SMILES string of the molecule is CCC(F)(F)CS(=O)(=O)Nc1c(F)cc(Oc2nc(C)ccc2-c2ccnc(N)n2)c(F)c1F. The molecule has 0 atom stereocenters. The Morgan fingerprint density at radius 2 is 1.82 bits per heavy atom. The monoisotopic (exact) mass is 503 g/mol. The summed E-state index contributed by atoms with van der Waals surface area (Å²) in [5.74, 6) is -12.1. The molecule has 0 spiro atoms. The summed E-state index contributed by atoms with van der Waals surface area (Å²) in [5.41, 5.74) is 4.91. The highest BCUT2D eigenvalue weighted by Gasteiger charge is 2.35. The molecule has 0 unspecified atom stereocenters. The first kappa shape index (κ1) is 25.1. The van der Waals surface area contributed by atoms with Crippen molar-refractivity contribution in [3.63, 3.8) is 0 Å². The van der Waals surface area contributed by atoms with Crippen molar-refractivity contribution in [3.8, 4) is 22.9 Å². The number of nitrogens with two attached hydrogens (primary N) is 1. The van der Waals surface area contributed by atoms with Crippen LogP contribution in [0.3, 0.4) is 0 Å². The van der Waals surface area contributed by atoms with E-state index in [9.17, 15) is 30.4 Å². The zero-order valence-corrected chi connectivity index (χ0v) is 18.6. The fourth-order valence-corrected chi connectivity index (χ4v) is 4.08. The zero-order valence-electron chi connectivity index (χ0n) is 17.7. The van der Waals surface area contributed by atoms with Crippen LogP contribution in [-0.4, -0.2) is 35.0 Å². The van der Waals surface area contributed by atoms with Crippen molar-refractivity contribution in [2.24, 2.45) is 0 Å². The standard InChI is InChI=1S/C20H18F5N5O3S/c1-3-20(24,25)9-34(31,32)30-17-12(21)8-14(15(22)16(17)23)33-18-11(5-4-10(2)28-18)13-6-7-27-19(26)29-13/h4-8,30H,3,9H2,1-2H3,(H2,26,27,29). The number of aromatic nitrogens is 3. The number of sulfonamides is 1. The van der Waals surface area contributed by atoms with Crippen LogP contribution in [0.1, 0.15) is 19.0 Å². The molecule has 3 aromatic rings. The van der Waals surface area contributed by atoms with Gasteiger partial charge in [-0.05, 0) is 25.1 Å². The quantitative estimate of drug-likeness (QED) is 0.345. The number of halogens is 5. The predicted molar refractivity (Wildman–Crippen MR) is 113 cm³/mol. The Labute approximate surface area is 191 Å². The highest BCUT2D eigenvalue weighted by molar-refractivity contribution is 7.92. The first-order valence-electron chi connectivity index (χ1n) is 9.62. The third-order valence-electron chi connectivity index (χ3n) is 4.46. The van der Waals surface area contributed by atoms with Crippen LogP contribution >= 0.6 is 0 Å². The van der Waals surface area contributed by atoms with Crippen molar-refractivity contribution in [2.75, 3.05) is 16.2 Å². The maximum atomic E-state index is 14.7. The molecular formula is C20H18F5N5O3S. The van der Waals surface area contributed by atoms with Crippen molar-refractivity contribution in [2.45, 2.75) is 26.2 Å². The molecule has 0 saturated heterocycles. The van der Waals surface area contributed by atoms with Gasteiger partial charge in [-0.2, -0.15) is 4.39 Å². The second kappa shape index (κ2) is 9.37. The van der Waals surface area contributed by atoms with Crippen LogP contribution in [0.4, 0.5) is 33.6 Å². The van der Waals surface area contributed by atoms with Gasteiger partial charge in [0.25, 0.3) is 5.92 Å². The number of ether oxygens (including phenoxy) is 1. The third kappa shape index (κ3) is 5.68. The Morgan fingerprint density at radius 3 is 2.47 bits per heavy atom. The molecule has 3 rings (SSSR count). The number of nitrogen functional groups attached to an aromatic ring is 1. The summed E-state index contributed by atoms with van der Waals surface area (Å²) in [6.07, 6.45) is 0.508. The molecule has 14 heteroatoms. The molecule has 0 saturated carbocycles. The number of nitrogens with zero attached hydrogens (tertiary/aromatic N) is 3. The summed E-state index contributed by atoms with van der Waals surface area (Å²) in [5, 5.41) is 0. The van der Waals surface area contributed by atoms with Crippen LogP contribution in [0, 0.1) is 24.4 Å². The maximum absolute atomic E-state index is 14.7. The first-order chi connectivity index (χ1) is 15.8. The fourth-order valence-electron chi connectivity index (χ4n) is 2.75. The first-order valence-corrected chi connectivity index (χ1v) is 11.3. The minimum Gasteiger partial charge on any atom is -0.435 e. The number of hydrogen-bond acceptors (Lipinski definition) is 7. The number of rotatable bonds is 8. The van der Waals surface area contributed by atoms with E-state index in [1.165, 1.54) is 23.1 Å². The average Bonchev–Trinajstić information content (AvgIpc) is 2.74. The van der Waals surface area contributed by atoms with E-state index in [2.05, 4.69) is 15.0 Å². The number of aryl methyl sites for hydroxylation is 1. The minimum atomic E-state index is -4.92. The Bertz CT molecular complexity index is 1340. The van der Waals surface area contributed by atoms with Gasteiger partial charge in [0.1, 0.15) is 11.4 Å². The Hall–Kier alpha value is -3.55. The van der Waals surface area contributed by atoms with Crippen molar-refractivity contribution in [1.82, 2.24) is 15.0 Å². The Kier molecular flexibility index (Phi) is 6.91. The van der Waals surface area contributed by atoms with Crippen LogP contribution in [0.15, 0.2) is 30.5 Å². The topological polar surface area (TPSA) is 120 Å². The zero-order chi connectivity index (χ0) is 25.3. The van der Waals surface area contributed by atoms with Gasteiger partial charge >= 0.3 is 0 Å². The summed E-state index contributed by atoms with van der Waals surface area (Å²) in [6, 6.07) is 4.87. The van der Waals surface area contributed by atoms with Gasteiger partial charge in [-0.3, -0.25) is 4.72 Å².